The zero-order valence-electron chi connectivity index (χ0n) is 18.1. The number of rotatable bonds is 7. The highest BCUT2D eigenvalue weighted by Crippen LogP contribution is 2.43. The van der Waals surface area contributed by atoms with Gasteiger partial charge in [0.05, 0.1) is 32.7 Å². The smallest absolute Gasteiger partial charge is 0.227 e. The van der Waals surface area contributed by atoms with Crippen molar-refractivity contribution in [2.45, 2.75) is 25.4 Å². The Morgan fingerprint density at radius 1 is 1.06 bits per heavy atom. The Morgan fingerprint density at radius 3 is 2.53 bits per heavy atom. The van der Waals surface area contributed by atoms with Crippen molar-refractivity contribution in [1.82, 2.24) is 5.32 Å². The van der Waals surface area contributed by atoms with Gasteiger partial charge in [-0.15, -0.1) is 11.3 Å². The molecule has 2 amide bonds. The number of amides is 2. The van der Waals surface area contributed by atoms with Crippen molar-refractivity contribution in [2.24, 2.45) is 5.92 Å². The van der Waals surface area contributed by atoms with Gasteiger partial charge in [-0.3, -0.25) is 9.59 Å². The van der Waals surface area contributed by atoms with Gasteiger partial charge in [0.25, 0.3) is 0 Å². The molecule has 1 aliphatic rings. The Balaban J connectivity index is 1.72. The molecule has 4 rings (SSSR count). The minimum Gasteiger partial charge on any atom is -0.497 e. The first-order valence-electron chi connectivity index (χ1n) is 10.5. The Bertz CT molecular complexity index is 1070. The molecular formula is C25H26N2O4S. The molecule has 2 heterocycles. The first kappa shape index (κ1) is 21.9. The van der Waals surface area contributed by atoms with Gasteiger partial charge in [0.1, 0.15) is 11.5 Å². The van der Waals surface area contributed by atoms with Gasteiger partial charge in [0.2, 0.25) is 11.8 Å². The summed E-state index contributed by atoms with van der Waals surface area (Å²) in [5, 5.41) is 5.06. The summed E-state index contributed by atoms with van der Waals surface area (Å²) in [6.07, 6.45) is 0.777. The second-order valence-corrected chi connectivity index (χ2v) is 8.62. The van der Waals surface area contributed by atoms with E-state index in [9.17, 15) is 9.59 Å². The predicted molar refractivity (Wildman–Crippen MR) is 125 cm³/mol. The van der Waals surface area contributed by atoms with E-state index in [4.69, 9.17) is 9.47 Å². The molecule has 7 heteroatoms. The number of hydrogen-bond acceptors (Lipinski definition) is 5. The quantitative estimate of drug-likeness (QED) is 0.573. The monoisotopic (exact) mass is 450 g/mol. The van der Waals surface area contributed by atoms with Crippen LogP contribution in [0.1, 0.15) is 29.3 Å². The first-order valence-corrected chi connectivity index (χ1v) is 11.4. The molecule has 0 radical (unpaired) electrons. The molecule has 6 nitrogen and oxygen atoms in total. The van der Waals surface area contributed by atoms with E-state index in [-0.39, 0.29) is 11.8 Å². The average molecular weight is 451 g/mol. The van der Waals surface area contributed by atoms with Gasteiger partial charge in [0.15, 0.2) is 0 Å². The van der Waals surface area contributed by atoms with Crippen LogP contribution in [-0.4, -0.2) is 26.0 Å². The van der Waals surface area contributed by atoms with E-state index in [2.05, 4.69) is 5.32 Å². The maximum absolute atomic E-state index is 13.4. The van der Waals surface area contributed by atoms with Crippen LogP contribution in [0.2, 0.25) is 0 Å². The van der Waals surface area contributed by atoms with Crippen molar-refractivity contribution in [3.8, 4) is 11.5 Å². The fourth-order valence-corrected chi connectivity index (χ4v) is 4.84. The van der Waals surface area contributed by atoms with E-state index in [1.807, 2.05) is 66.0 Å². The molecule has 0 saturated carbocycles. The molecule has 0 spiro atoms. The molecular weight excluding hydrogens is 424 g/mol. The molecule has 1 N–H and O–H groups in total. The standard InChI is InChI=1S/C25H26N2O4S/c1-30-18-11-9-17(10-12-18)27-23(28)14-13-21(25(29)26-16-19-6-5-15-32-19)24(27)20-7-3-4-8-22(20)31-2/h3-12,15,21,24H,13-14,16H2,1-2H3,(H,26,29). The molecule has 1 fully saturated rings. The largest absolute Gasteiger partial charge is 0.497 e. The second-order valence-electron chi connectivity index (χ2n) is 7.59. The van der Waals surface area contributed by atoms with Crippen molar-refractivity contribution in [2.75, 3.05) is 19.1 Å². The third-order valence-electron chi connectivity index (χ3n) is 5.76. The molecule has 1 saturated heterocycles. The summed E-state index contributed by atoms with van der Waals surface area (Å²) >= 11 is 1.60. The lowest BCUT2D eigenvalue weighted by Gasteiger charge is -2.41. The van der Waals surface area contributed by atoms with Gasteiger partial charge in [0, 0.05) is 22.5 Å². The topological polar surface area (TPSA) is 67.9 Å². The molecule has 2 aromatic carbocycles. The highest BCUT2D eigenvalue weighted by Gasteiger charge is 2.42. The molecule has 1 aromatic heterocycles. The zero-order valence-corrected chi connectivity index (χ0v) is 18.9. The highest BCUT2D eigenvalue weighted by molar-refractivity contribution is 7.09. The van der Waals surface area contributed by atoms with E-state index < -0.39 is 12.0 Å². The lowest BCUT2D eigenvalue weighted by atomic mass is 9.82. The maximum Gasteiger partial charge on any atom is 0.227 e. The number of piperidine rings is 1. The van der Waals surface area contributed by atoms with Gasteiger partial charge in [-0.2, -0.15) is 0 Å². The van der Waals surface area contributed by atoms with Gasteiger partial charge in [-0.05, 0) is 48.2 Å². The van der Waals surface area contributed by atoms with Crippen LogP contribution in [0.25, 0.3) is 0 Å². The van der Waals surface area contributed by atoms with E-state index in [0.29, 0.717) is 30.9 Å². The molecule has 0 bridgehead atoms. The summed E-state index contributed by atoms with van der Waals surface area (Å²) in [6, 6.07) is 18.4. The molecule has 166 valence electrons. The number of ether oxygens (including phenoxy) is 2. The van der Waals surface area contributed by atoms with Gasteiger partial charge >= 0.3 is 0 Å². The number of nitrogens with zero attached hydrogens (tertiary/aromatic N) is 1. The molecule has 3 aromatic rings. The summed E-state index contributed by atoms with van der Waals surface area (Å²) in [5.41, 5.74) is 1.54. The third kappa shape index (κ3) is 4.48. The van der Waals surface area contributed by atoms with Gasteiger partial charge in [-0.1, -0.05) is 24.3 Å². The van der Waals surface area contributed by atoms with Crippen molar-refractivity contribution in [1.29, 1.82) is 0 Å². The highest BCUT2D eigenvalue weighted by atomic mass is 32.1. The van der Waals surface area contributed by atoms with Crippen LogP contribution in [0.15, 0.2) is 66.0 Å². The summed E-state index contributed by atoms with van der Waals surface area (Å²) < 4.78 is 10.9. The van der Waals surface area contributed by atoms with Crippen molar-refractivity contribution in [3.63, 3.8) is 0 Å². The predicted octanol–water partition coefficient (Wildman–Crippen LogP) is 4.57. The number of thiophene rings is 1. The van der Waals surface area contributed by atoms with Crippen molar-refractivity contribution < 1.29 is 19.1 Å². The summed E-state index contributed by atoms with van der Waals surface area (Å²) in [4.78, 5) is 29.3. The number of anilines is 1. The Morgan fingerprint density at radius 2 is 1.84 bits per heavy atom. The van der Waals surface area contributed by atoms with Crippen LogP contribution < -0.4 is 19.7 Å². The molecule has 1 aliphatic heterocycles. The summed E-state index contributed by atoms with van der Waals surface area (Å²) in [5.74, 6) is 0.860. The van der Waals surface area contributed by atoms with Crippen LogP contribution in [-0.2, 0) is 16.1 Å². The Hall–Kier alpha value is -3.32. The molecule has 2 unspecified atom stereocenters. The Labute approximate surface area is 191 Å². The second kappa shape index (κ2) is 9.87. The van der Waals surface area contributed by atoms with Gasteiger partial charge in [-0.25, -0.2) is 0 Å². The lowest BCUT2D eigenvalue weighted by molar-refractivity contribution is -0.129. The van der Waals surface area contributed by atoms with Crippen LogP contribution in [0.5, 0.6) is 11.5 Å². The zero-order chi connectivity index (χ0) is 22.5. The van der Waals surface area contributed by atoms with E-state index in [1.54, 1.807) is 30.5 Å². The van der Waals surface area contributed by atoms with E-state index in [0.717, 1.165) is 16.1 Å². The summed E-state index contributed by atoms with van der Waals surface area (Å²) in [7, 11) is 3.21. The molecule has 0 aliphatic carbocycles. The van der Waals surface area contributed by atoms with Crippen LogP contribution in [0.4, 0.5) is 5.69 Å². The number of nitrogens with one attached hydrogen (secondary N) is 1. The van der Waals surface area contributed by atoms with E-state index >= 15 is 0 Å². The number of methoxy groups -OCH3 is 2. The lowest BCUT2D eigenvalue weighted by Crippen LogP contribution is -2.48. The SMILES string of the molecule is COc1ccc(N2C(=O)CCC(C(=O)NCc3cccs3)C2c2ccccc2OC)cc1. The van der Waals surface area contributed by atoms with E-state index in [1.165, 1.54) is 0 Å². The number of para-hydroxylation sites is 1. The molecule has 32 heavy (non-hydrogen) atoms. The maximum atomic E-state index is 13.4. The number of carbonyl (C=O) groups excluding carboxylic acids is 2. The first-order chi connectivity index (χ1) is 15.6. The fourth-order valence-electron chi connectivity index (χ4n) is 4.20. The molecule has 2 atom stereocenters. The number of benzene rings is 2. The van der Waals surface area contributed by atoms with Crippen LogP contribution in [0.3, 0.4) is 0 Å². The number of carbonyl (C=O) groups is 2. The van der Waals surface area contributed by atoms with Crippen molar-refractivity contribution >= 4 is 28.8 Å². The normalized spacial score (nSPS) is 18.3. The minimum absolute atomic E-state index is 0.0200. The summed E-state index contributed by atoms with van der Waals surface area (Å²) in [6.45, 7) is 0.474. The fraction of sp³-hybridized carbons (Fsp3) is 0.280. The Kier molecular flexibility index (Phi) is 6.75. The number of hydrogen-bond donors (Lipinski definition) is 1. The van der Waals surface area contributed by atoms with Crippen LogP contribution >= 0.6 is 11.3 Å². The van der Waals surface area contributed by atoms with Crippen LogP contribution in [0, 0.1) is 5.92 Å². The van der Waals surface area contributed by atoms with Crippen molar-refractivity contribution in [3.05, 3.63) is 76.5 Å². The third-order valence-corrected chi connectivity index (χ3v) is 6.64. The van der Waals surface area contributed by atoms with Gasteiger partial charge < -0.3 is 19.7 Å². The average Bonchev–Trinajstić information content (AvgIpc) is 3.36. The minimum atomic E-state index is -0.482.